The van der Waals surface area contributed by atoms with Gasteiger partial charge in [-0.15, -0.1) is 0 Å². The van der Waals surface area contributed by atoms with E-state index in [9.17, 15) is 9.90 Å². The van der Waals surface area contributed by atoms with Crippen LogP contribution in [0.15, 0.2) is 0 Å². The Labute approximate surface area is 86.5 Å². The van der Waals surface area contributed by atoms with Gasteiger partial charge in [0.25, 0.3) is 0 Å². The summed E-state index contributed by atoms with van der Waals surface area (Å²) in [5, 5.41) is 9.85. The second kappa shape index (κ2) is 5.35. The van der Waals surface area contributed by atoms with Gasteiger partial charge in [-0.2, -0.15) is 0 Å². The van der Waals surface area contributed by atoms with Crippen LogP contribution in [-0.4, -0.2) is 23.8 Å². The summed E-state index contributed by atoms with van der Waals surface area (Å²) in [4.78, 5) is 10.9. The van der Waals surface area contributed by atoms with E-state index >= 15 is 0 Å². The first-order chi connectivity index (χ1) is 6.29. The second-order valence-electron chi connectivity index (χ2n) is 4.82. The molecule has 0 aliphatic carbocycles. The number of rotatable bonds is 4. The van der Waals surface area contributed by atoms with Crippen molar-refractivity contribution in [2.45, 2.75) is 47.1 Å². The van der Waals surface area contributed by atoms with Gasteiger partial charge < -0.3 is 9.84 Å². The maximum atomic E-state index is 10.9. The van der Waals surface area contributed by atoms with Crippen molar-refractivity contribution in [3.63, 3.8) is 0 Å². The lowest BCUT2D eigenvalue weighted by Crippen LogP contribution is -2.35. The number of esters is 1. The number of carbonyl (C=O) groups is 1. The molecule has 0 heterocycles. The van der Waals surface area contributed by atoms with Gasteiger partial charge in [0.15, 0.2) is 0 Å². The Balaban J connectivity index is 3.96. The Morgan fingerprint density at radius 3 is 2.29 bits per heavy atom. The zero-order valence-corrected chi connectivity index (χ0v) is 9.83. The van der Waals surface area contributed by atoms with Crippen LogP contribution in [0.2, 0.25) is 0 Å². The van der Waals surface area contributed by atoms with Gasteiger partial charge in [0.05, 0.1) is 12.7 Å². The Morgan fingerprint density at radius 1 is 1.43 bits per heavy atom. The van der Waals surface area contributed by atoms with Crippen LogP contribution in [0.1, 0.15) is 41.0 Å². The first kappa shape index (κ1) is 13.4. The molecule has 84 valence electrons. The summed E-state index contributed by atoms with van der Waals surface area (Å²) >= 11 is 0. The summed E-state index contributed by atoms with van der Waals surface area (Å²) in [7, 11) is 0. The van der Waals surface area contributed by atoms with E-state index < -0.39 is 6.10 Å². The lowest BCUT2D eigenvalue weighted by molar-refractivity contribution is -0.146. The highest BCUT2D eigenvalue weighted by atomic mass is 16.5. The molecule has 14 heavy (non-hydrogen) atoms. The first-order valence-electron chi connectivity index (χ1n) is 5.12. The molecular formula is C11H22O3. The molecule has 0 saturated heterocycles. The van der Waals surface area contributed by atoms with Crippen molar-refractivity contribution in [3.05, 3.63) is 0 Å². The van der Waals surface area contributed by atoms with Crippen molar-refractivity contribution in [1.29, 1.82) is 0 Å². The van der Waals surface area contributed by atoms with E-state index in [2.05, 4.69) is 0 Å². The minimum absolute atomic E-state index is 0.0227. The number of carbonyl (C=O) groups excluding carboxylic acids is 1. The van der Waals surface area contributed by atoms with Crippen LogP contribution in [-0.2, 0) is 9.53 Å². The van der Waals surface area contributed by atoms with Crippen LogP contribution in [0, 0.1) is 11.3 Å². The fourth-order valence-corrected chi connectivity index (χ4v) is 1.27. The van der Waals surface area contributed by atoms with Crippen LogP contribution in [0.5, 0.6) is 0 Å². The Kier molecular flexibility index (Phi) is 5.13. The highest BCUT2D eigenvalue weighted by molar-refractivity contribution is 5.68. The maximum absolute atomic E-state index is 10.9. The number of hydrogen-bond donors (Lipinski definition) is 1. The summed E-state index contributed by atoms with van der Waals surface area (Å²) in [5.74, 6) is -0.233. The molecule has 0 aromatic carbocycles. The number of ether oxygens (including phenoxy) is 1. The smallest absolute Gasteiger partial charge is 0.305 e. The minimum atomic E-state index is -0.452. The maximum Gasteiger partial charge on any atom is 0.305 e. The van der Waals surface area contributed by atoms with E-state index in [0.717, 1.165) is 0 Å². The molecule has 3 nitrogen and oxygen atoms in total. The van der Waals surface area contributed by atoms with E-state index in [1.807, 2.05) is 27.7 Å². The third-order valence-corrected chi connectivity index (χ3v) is 2.22. The SMILES string of the molecule is CCC(=O)OCC(C)C(O)C(C)(C)C. The van der Waals surface area contributed by atoms with Gasteiger partial charge in [0.2, 0.25) is 0 Å². The largest absolute Gasteiger partial charge is 0.465 e. The Morgan fingerprint density at radius 2 is 1.93 bits per heavy atom. The molecule has 0 rings (SSSR count). The van der Waals surface area contributed by atoms with Crippen LogP contribution in [0.3, 0.4) is 0 Å². The molecule has 0 aromatic rings. The Bertz CT molecular complexity index is 181. The number of aliphatic hydroxyl groups excluding tert-OH is 1. The molecular weight excluding hydrogens is 180 g/mol. The molecule has 0 saturated carbocycles. The molecule has 0 aromatic heterocycles. The fraction of sp³-hybridized carbons (Fsp3) is 0.909. The Hall–Kier alpha value is -0.570. The molecule has 0 spiro atoms. The first-order valence-corrected chi connectivity index (χ1v) is 5.12. The molecule has 0 bridgehead atoms. The summed E-state index contributed by atoms with van der Waals surface area (Å²) < 4.78 is 4.97. The van der Waals surface area contributed by atoms with Crippen molar-refractivity contribution in [1.82, 2.24) is 0 Å². The van der Waals surface area contributed by atoms with Gasteiger partial charge in [-0.25, -0.2) is 0 Å². The standard InChI is InChI=1S/C11H22O3/c1-6-9(12)14-7-8(2)10(13)11(3,4)5/h8,10,13H,6-7H2,1-5H3. The summed E-state index contributed by atoms with van der Waals surface area (Å²) in [6.07, 6.45) is -0.0645. The molecule has 0 amide bonds. The van der Waals surface area contributed by atoms with Crippen molar-refractivity contribution in [2.75, 3.05) is 6.61 Å². The van der Waals surface area contributed by atoms with Gasteiger partial charge in [-0.05, 0) is 5.41 Å². The second-order valence-corrected chi connectivity index (χ2v) is 4.82. The molecule has 3 heteroatoms. The predicted octanol–water partition coefficient (Wildman–Crippen LogP) is 1.98. The lowest BCUT2D eigenvalue weighted by atomic mass is 9.82. The molecule has 0 aliphatic heterocycles. The molecule has 2 atom stereocenters. The van der Waals surface area contributed by atoms with E-state index in [-0.39, 0.29) is 17.3 Å². The van der Waals surface area contributed by atoms with E-state index in [0.29, 0.717) is 13.0 Å². The monoisotopic (exact) mass is 202 g/mol. The topological polar surface area (TPSA) is 46.5 Å². The van der Waals surface area contributed by atoms with E-state index in [4.69, 9.17) is 4.74 Å². The van der Waals surface area contributed by atoms with Crippen molar-refractivity contribution in [3.8, 4) is 0 Å². The zero-order chi connectivity index (χ0) is 11.4. The third-order valence-electron chi connectivity index (χ3n) is 2.22. The average Bonchev–Trinajstić information content (AvgIpc) is 2.10. The summed E-state index contributed by atoms with van der Waals surface area (Å²) in [6.45, 7) is 9.85. The molecule has 0 aliphatic rings. The molecule has 0 radical (unpaired) electrons. The van der Waals surface area contributed by atoms with Gasteiger partial charge >= 0.3 is 5.97 Å². The normalized spacial score (nSPS) is 16.1. The lowest BCUT2D eigenvalue weighted by Gasteiger charge is -2.30. The van der Waals surface area contributed by atoms with Crippen molar-refractivity contribution in [2.24, 2.45) is 11.3 Å². The highest BCUT2D eigenvalue weighted by Crippen LogP contribution is 2.25. The quantitative estimate of drug-likeness (QED) is 0.709. The van der Waals surface area contributed by atoms with Gasteiger partial charge in [0.1, 0.15) is 0 Å². The van der Waals surface area contributed by atoms with Gasteiger partial charge in [-0.1, -0.05) is 34.6 Å². The van der Waals surface area contributed by atoms with Crippen molar-refractivity contribution >= 4 is 5.97 Å². The van der Waals surface area contributed by atoms with Crippen molar-refractivity contribution < 1.29 is 14.6 Å². The van der Waals surface area contributed by atoms with E-state index in [1.54, 1.807) is 6.92 Å². The number of aliphatic hydroxyl groups is 1. The zero-order valence-electron chi connectivity index (χ0n) is 9.83. The molecule has 2 unspecified atom stereocenters. The minimum Gasteiger partial charge on any atom is -0.465 e. The highest BCUT2D eigenvalue weighted by Gasteiger charge is 2.28. The van der Waals surface area contributed by atoms with Crippen LogP contribution < -0.4 is 0 Å². The number of hydrogen-bond acceptors (Lipinski definition) is 3. The average molecular weight is 202 g/mol. The van der Waals surface area contributed by atoms with Crippen LogP contribution in [0.25, 0.3) is 0 Å². The van der Waals surface area contributed by atoms with Gasteiger partial charge in [-0.3, -0.25) is 4.79 Å². The fourth-order valence-electron chi connectivity index (χ4n) is 1.27. The van der Waals surface area contributed by atoms with Crippen LogP contribution >= 0.6 is 0 Å². The molecule has 0 fully saturated rings. The summed E-state index contributed by atoms with van der Waals surface area (Å²) in [6, 6.07) is 0. The van der Waals surface area contributed by atoms with E-state index in [1.165, 1.54) is 0 Å². The van der Waals surface area contributed by atoms with Gasteiger partial charge in [0, 0.05) is 12.3 Å². The predicted molar refractivity (Wildman–Crippen MR) is 55.9 cm³/mol. The summed E-state index contributed by atoms with van der Waals surface area (Å²) in [5.41, 5.74) is -0.169. The van der Waals surface area contributed by atoms with Crippen LogP contribution in [0.4, 0.5) is 0 Å². The third kappa shape index (κ3) is 4.61. The molecule has 1 N–H and O–H groups in total.